The Kier molecular flexibility index (Phi) is 19.1. The molecular formula is C13H23NTi. The van der Waals surface area contributed by atoms with E-state index in [1.54, 1.807) is 0 Å². The Bertz CT molecular complexity index is 138. The monoisotopic (exact) mass is 241 g/mol. The van der Waals surface area contributed by atoms with Gasteiger partial charge in [-0.1, -0.05) is 45.4 Å². The fourth-order valence-corrected chi connectivity index (χ4v) is 1.23. The minimum Gasteiger partial charge on any atom is -0.677 e. The summed E-state index contributed by atoms with van der Waals surface area (Å²) in [5.41, 5.74) is 6.88. The second-order valence-corrected chi connectivity index (χ2v) is 3.48. The third-order valence-corrected chi connectivity index (χ3v) is 2.09. The molecule has 15 heavy (non-hydrogen) atoms. The number of hydrogen-bond donors (Lipinski definition) is 0. The number of unbranched alkanes of at least 4 members (excludes halogenated alkanes) is 5. The van der Waals surface area contributed by atoms with Crippen LogP contribution in [0.2, 0.25) is 0 Å². The fourth-order valence-electron chi connectivity index (χ4n) is 1.23. The maximum Gasteiger partial charge on any atom is 2.00 e. The van der Waals surface area contributed by atoms with Crippen molar-refractivity contribution in [2.45, 2.75) is 45.4 Å². The van der Waals surface area contributed by atoms with Gasteiger partial charge in [-0.25, -0.2) is 12.1 Å². The molecule has 1 nitrogen and oxygen atoms in total. The van der Waals surface area contributed by atoms with Crippen LogP contribution in [0.15, 0.2) is 30.3 Å². The minimum absolute atomic E-state index is 0. The summed E-state index contributed by atoms with van der Waals surface area (Å²) in [6.07, 6.45) is 7.77. The molecule has 0 unspecified atom stereocenters. The van der Waals surface area contributed by atoms with Crippen LogP contribution >= 0.6 is 0 Å². The molecule has 0 atom stereocenters. The maximum atomic E-state index is 6.88. The summed E-state index contributed by atoms with van der Waals surface area (Å²) in [4.78, 5) is 0. The van der Waals surface area contributed by atoms with Crippen molar-refractivity contribution in [3.8, 4) is 0 Å². The van der Waals surface area contributed by atoms with Crippen molar-refractivity contribution in [1.82, 2.24) is 0 Å². The molecule has 84 valence electrons. The van der Waals surface area contributed by atoms with Gasteiger partial charge in [0.25, 0.3) is 0 Å². The molecule has 0 saturated heterocycles. The first-order chi connectivity index (χ1) is 6.91. The zero-order chi connectivity index (χ0) is 10.5. The van der Waals surface area contributed by atoms with Crippen LogP contribution in [0.4, 0.5) is 0 Å². The molecule has 0 saturated carbocycles. The fraction of sp³-hybridized carbons (Fsp3) is 0.615. The van der Waals surface area contributed by atoms with Crippen LogP contribution < -0.4 is 0 Å². The SMILES string of the molecule is CCCCCCCC[NH-].[Ti+2].c1cc[cH-]c1. The normalized spacial score (nSPS) is 8.67. The van der Waals surface area contributed by atoms with Crippen LogP contribution in [-0.2, 0) is 21.7 Å². The van der Waals surface area contributed by atoms with Crippen molar-refractivity contribution >= 4 is 0 Å². The summed E-state index contributed by atoms with van der Waals surface area (Å²) in [6, 6.07) is 10.0. The van der Waals surface area contributed by atoms with Crippen molar-refractivity contribution in [2.24, 2.45) is 0 Å². The molecule has 1 aromatic rings. The Hall–Kier alpha value is 0.0243. The van der Waals surface area contributed by atoms with Gasteiger partial charge in [0.05, 0.1) is 0 Å². The Morgan fingerprint density at radius 1 is 0.933 bits per heavy atom. The maximum absolute atomic E-state index is 6.88. The topological polar surface area (TPSA) is 23.8 Å². The quantitative estimate of drug-likeness (QED) is 0.388. The average Bonchev–Trinajstić information content (AvgIpc) is 2.76. The molecule has 1 aromatic carbocycles. The van der Waals surface area contributed by atoms with Gasteiger partial charge in [0.2, 0.25) is 0 Å². The van der Waals surface area contributed by atoms with Crippen LogP contribution in [-0.4, -0.2) is 6.54 Å². The minimum atomic E-state index is 0. The molecule has 2 heteroatoms. The standard InChI is InChI=1S/C8H18N.C5H5.Ti/c1-2-3-4-5-6-7-8-9;1-2-4-5-3-1;/h9H,2-8H2,1H3;1-5H;/q2*-1;+2. The Morgan fingerprint density at radius 2 is 1.47 bits per heavy atom. The van der Waals surface area contributed by atoms with Gasteiger partial charge in [-0.05, 0) is 0 Å². The third-order valence-electron chi connectivity index (χ3n) is 2.09. The molecule has 0 aliphatic carbocycles. The van der Waals surface area contributed by atoms with Gasteiger partial charge >= 0.3 is 21.7 Å². The van der Waals surface area contributed by atoms with Crippen molar-refractivity contribution < 1.29 is 21.7 Å². The van der Waals surface area contributed by atoms with E-state index in [1.807, 2.05) is 30.3 Å². The van der Waals surface area contributed by atoms with E-state index < -0.39 is 0 Å². The Balaban J connectivity index is 0. The predicted octanol–water partition coefficient (Wildman–Crippen LogP) is 4.80. The van der Waals surface area contributed by atoms with Crippen molar-refractivity contribution in [1.29, 1.82) is 0 Å². The van der Waals surface area contributed by atoms with Gasteiger partial charge in [0.15, 0.2) is 0 Å². The number of rotatable bonds is 6. The van der Waals surface area contributed by atoms with Gasteiger partial charge in [-0.15, -0.1) is 0 Å². The van der Waals surface area contributed by atoms with E-state index >= 15 is 0 Å². The summed E-state index contributed by atoms with van der Waals surface area (Å²) in [5, 5.41) is 0. The zero-order valence-electron chi connectivity index (χ0n) is 9.84. The molecule has 1 rings (SSSR count). The third kappa shape index (κ3) is 16.7. The van der Waals surface area contributed by atoms with Gasteiger partial charge in [-0.3, -0.25) is 0 Å². The molecule has 0 fully saturated rings. The summed E-state index contributed by atoms with van der Waals surface area (Å²) in [5.74, 6) is 0. The second kappa shape index (κ2) is 16.5. The molecule has 0 aromatic heterocycles. The first-order valence-corrected chi connectivity index (χ1v) is 5.73. The van der Waals surface area contributed by atoms with Crippen LogP contribution in [0.5, 0.6) is 0 Å². The molecule has 0 spiro atoms. The summed E-state index contributed by atoms with van der Waals surface area (Å²) in [6.45, 7) is 2.84. The largest absolute Gasteiger partial charge is 2.00 e. The molecule has 0 amide bonds. The van der Waals surface area contributed by atoms with Crippen LogP contribution in [0.3, 0.4) is 0 Å². The molecule has 0 aliphatic heterocycles. The van der Waals surface area contributed by atoms with Gasteiger partial charge in [-0.2, -0.15) is 24.7 Å². The Morgan fingerprint density at radius 3 is 1.87 bits per heavy atom. The van der Waals surface area contributed by atoms with E-state index in [0.29, 0.717) is 6.54 Å². The van der Waals surface area contributed by atoms with E-state index in [9.17, 15) is 0 Å². The van der Waals surface area contributed by atoms with E-state index in [-0.39, 0.29) is 21.7 Å². The number of nitrogens with one attached hydrogen (secondary N) is 1. The summed E-state index contributed by atoms with van der Waals surface area (Å²) in [7, 11) is 0. The predicted molar refractivity (Wildman–Crippen MR) is 64.6 cm³/mol. The number of hydrogen-bond acceptors (Lipinski definition) is 0. The van der Waals surface area contributed by atoms with E-state index in [4.69, 9.17) is 5.73 Å². The molecule has 0 radical (unpaired) electrons. The molecule has 0 heterocycles. The van der Waals surface area contributed by atoms with Crippen LogP contribution in [0, 0.1) is 0 Å². The molecule has 0 bridgehead atoms. The van der Waals surface area contributed by atoms with Crippen molar-refractivity contribution in [2.75, 3.05) is 6.54 Å². The summed E-state index contributed by atoms with van der Waals surface area (Å²) >= 11 is 0. The van der Waals surface area contributed by atoms with Crippen molar-refractivity contribution in [3.63, 3.8) is 0 Å². The van der Waals surface area contributed by atoms with Crippen molar-refractivity contribution in [3.05, 3.63) is 36.1 Å². The second-order valence-electron chi connectivity index (χ2n) is 3.48. The van der Waals surface area contributed by atoms with Gasteiger partial charge in [0, 0.05) is 0 Å². The van der Waals surface area contributed by atoms with E-state index in [0.717, 1.165) is 6.42 Å². The van der Waals surface area contributed by atoms with E-state index in [1.165, 1.54) is 32.1 Å². The smallest absolute Gasteiger partial charge is 0.677 e. The zero-order valence-corrected chi connectivity index (χ0v) is 11.4. The molecule has 1 N–H and O–H groups in total. The van der Waals surface area contributed by atoms with Gasteiger partial charge < -0.3 is 5.73 Å². The summed E-state index contributed by atoms with van der Waals surface area (Å²) < 4.78 is 0. The van der Waals surface area contributed by atoms with E-state index in [2.05, 4.69) is 6.92 Å². The molecular weight excluding hydrogens is 218 g/mol. The van der Waals surface area contributed by atoms with Crippen LogP contribution in [0.25, 0.3) is 5.73 Å². The first-order valence-electron chi connectivity index (χ1n) is 5.73. The molecule has 0 aliphatic rings. The van der Waals surface area contributed by atoms with Gasteiger partial charge in [0.1, 0.15) is 0 Å². The average molecular weight is 241 g/mol. The Labute approximate surface area is 110 Å². The first kappa shape index (κ1) is 17.4. The van der Waals surface area contributed by atoms with Crippen LogP contribution in [0.1, 0.15) is 45.4 Å².